The molecule has 0 amide bonds. The minimum atomic E-state index is 1.13. The van der Waals surface area contributed by atoms with Crippen molar-refractivity contribution in [3.8, 4) is 11.1 Å². The number of hydrogen-bond donors (Lipinski definition) is 1. The van der Waals surface area contributed by atoms with Crippen molar-refractivity contribution in [1.29, 1.82) is 0 Å². The van der Waals surface area contributed by atoms with Crippen molar-refractivity contribution in [3.63, 3.8) is 0 Å². The molecule has 1 heterocycles. The van der Waals surface area contributed by atoms with E-state index >= 15 is 0 Å². The lowest BCUT2D eigenvalue weighted by molar-refractivity contribution is 1.33. The van der Waals surface area contributed by atoms with Gasteiger partial charge in [0.25, 0.3) is 0 Å². The zero-order valence-corrected chi connectivity index (χ0v) is 8.07. The molecule has 0 bridgehead atoms. The van der Waals surface area contributed by atoms with Crippen LogP contribution in [0.3, 0.4) is 0 Å². The molecule has 2 aromatic rings. The van der Waals surface area contributed by atoms with E-state index in [2.05, 4.69) is 28.5 Å². The molecule has 2 heteroatoms. The number of benzene rings is 1. The number of nitrogens with zero attached hydrogens (tertiary/aromatic N) is 1. The average molecular weight is 184 g/mol. The van der Waals surface area contributed by atoms with Gasteiger partial charge in [-0.05, 0) is 12.1 Å². The van der Waals surface area contributed by atoms with Gasteiger partial charge in [0.15, 0.2) is 0 Å². The summed E-state index contributed by atoms with van der Waals surface area (Å²) < 4.78 is 0. The van der Waals surface area contributed by atoms with Crippen molar-refractivity contribution in [2.45, 2.75) is 0 Å². The van der Waals surface area contributed by atoms with E-state index < -0.39 is 0 Å². The van der Waals surface area contributed by atoms with Crippen LogP contribution >= 0.6 is 0 Å². The number of nitrogens with one attached hydrogen (secondary N) is 1. The van der Waals surface area contributed by atoms with E-state index in [9.17, 15) is 0 Å². The van der Waals surface area contributed by atoms with E-state index in [1.165, 1.54) is 5.56 Å². The van der Waals surface area contributed by atoms with Gasteiger partial charge in [0, 0.05) is 36.3 Å². The lowest BCUT2D eigenvalue weighted by Gasteiger charge is -2.07. The molecule has 1 N–H and O–H groups in total. The Labute approximate surface area is 83.6 Å². The summed E-state index contributed by atoms with van der Waals surface area (Å²) in [6.45, 7) is 0. The highest BCUT2D eigenvalue weighted by atomic mass is 14.8. The summed E-state index contributed by atoms with van der Waals surface area (Å²) in [7, 11) is 1.93. The first-order valence-electron chi connectivity index (χ1n) is 4.59. The van der Waals surface area contributed by atoms with Gasteiger partial charge in [0.1, 0.15) is 0 Å². The standard InChI is InChI=1S/C12H12N2/c1-13-12-7-3-2-6-11(12)10-5-4-8-14-9-10/h2-9,13H,1H3. The van der Waals surface area contributed by atoms with Crippen molar-refractivity contribution in [2.75, 3.05) is 12.4 Å². The molecule has 1 aromatic heterocycles. The Morgan fingerprint density at radius 1 is 1.07 bits per heavy atom. The van der Waals surface area contributed by atoms with Gasteiger partial charge in [-0.25, -0.2) is 0 Å². The third-order valence-corrected chi connectivity index (χ3v) is 2.17. The van der Waals surface area contributed by atoms with Crippen molar-refractivity contribution in [1.82, 2.24) is 4.98 Å². The topological polar surface area (TPSA) is 24.9 Å². The van der Waals surface area contributed by atoms with Crippen LogP contribution in [0, 0.1) is 0 Å². The van der Waals surface area contributed by atoms with E-state index in [0.29, 0.717) is 0 Å². The van der Waals surface area contributed by atoms with E-state index in [4.69, 9.17) is 0 Å². The van der Waals surface area contributed by atoms with Gasteiger partial charge in [0.2, 0.25) is 0 Å². The fourth-order valence-corrected chi connectivity index (χ4v) is 1.47. The number of para-hydroxylation sites is 1. The highest BCUT2D eigenvalue weighted by Gasteiger charge is 2.01. The van der Waals surface area contributed by atoms with Crippen LogP contribution in [0.25, 0.3) is 11.1 Å². The molecule has 0 aliphatic carbocycles. The molecule has 0 aliphatic rings. The van der Waals surface area contributed by atoms with Gasteiger partial charge in [-0.3, -0.25) is 4.98 Å². The predicted octanol–water partition coefficient (Wildman–Crippen LogP) is 2.79. The molecule has 2 rings (SSSR count). The van der Waals surface area contributed by atoms with Gasteiger partial charge < -0.3 is 5.32 Å². The van der Waals surface area contributed by atoms with Gasteiger partial charge >= 0.3 is 0 Å². The van der Waals surface area contributed by atoms with Crippen LogP contribution in [0.2, 0.25) is 0 Å². The molecule has 14 heavy (non-hydrogen) atoms. The maximum absolute atomic E-state index is 4.11. The summed E-state index contributed by atoms with van der Waals surface area (Å²) in [5.74, 6) is 0. The first-order chi connectivity index (χ1) is 6.92. The molecule has 2 nitrogen and oxygen atoms in total. The Morgan fingerprint density at radius 3 is 2.64 bits per heavy atom. The average Bonchev–Trinajstić information content (AvgIpc) is 2.30. The Balaban J connectivity index is 2.51. The first-order valence-corrected chi connectivity index (χ1v) is 4.59. The normalized spacial score (nSPS) is 9.79. The van der Waals surface area contributed by atoms with Crippen LogP contribution in [0.5, 0.6) is 0 Å². The zero-order valence-electron chi connectivity index (χ0n) is 8.07. The molecule has 0 fully saturated rings. The van der Waals surface area contributed by atoms with E-state index in [1.807, 2.05) is 31.4 Å². The fraction of sp³-hybridized carbons (Fsp3) is 0.0833. The molecular formula is C12H12N2. The second-order valence-electron chi connectivity index (χ2n) is 3.04. The minimum Gasteiger partial charge on any atom is -0.388 e. The number of aromatic nitrogens is 1. The second kappa shape index (κ2) is 3.92. The Kier molecular flexibility index (Phi) is 2.45. The highest BCUT2D eigenvalue weighted by Crippen LogP contribution is 2.26. The maximum atomic E-state index is 4.11. The van der Waals surface area contributed by atoms with Gasteiger partial charge in [-0.1, -0.05) is 24.3 Å². The van der Waals surface area contributed by atoms with E-state index in [-0.39, 0.29) is 0 Å². The third kappa shape index (κ3) is 1.59. The molecule has 0 atom stereocenters. The van der Waals surface area contributed by atoms with Crippen molar-refractivity contribution >= 4 is 5.69 Å². The molecule has 0 unspecified atom stereocenters. The van der Waals surface area contributed by atoms with Crippen LogP contribution in [0.15, 0.2) is 48.8 Å². The second-order valence-corrected chi connectivity index (χ2v) is 3.04. The maximum Gasteiger partial charge on any atom is 0.0417 e. The van der Waals surface area contributed by atoms with Crippen LogP contribution in [0.4, 0.5) is 5.69 Å². The SMILES string of the molecule is CNc1ccccc1-c1cccnc1. The summed E-state index contributed by atoms with van der Waals surface area (Å²) in [6, 6.07) is 12.2. The number of hydrogen-bond acceptors (Lipinski definition) is 2. The quantitative estimate of drug-likeness (QED) is 0.776. The number of pyridine rings is 1. The van der Waals surface area contributed by atoms with Crippen LogP contribution in [-0.2, 0) is 0 Å². The number of rotatable bonds is 2. The molecular weight excluding hydrogens is 172 g/mol. The molecule has 0 saturated heterocycles. The monoisotopic (exact) mass is 184 g/mol. The lowest BCUT2D eigenvalue weighted by Crippen LogP contribution is -1.91. The Morgan fingerprint density at radius 2 is 1.93 bits per heavy atom. The van der Waals surface area contributed by atoms with Crippen LogP contribution in [-0.4, -0.2) is 12.0 Å². The molecule has 1 aromatic carbocycles. The summed E-state index contributed by atoms with van der Waals surface area (Å²) in [5.41, 5.74) is 3.45. The smallest absolute Gasteiger partial charge is 0.0417 e. The predicted molar refractivity (Wildman–Crippen MR) is 59.2 cm³/mol. The van der Waals surface area contributed by atoms with E-state index in [0.717, 1.165) is 11.3 Å². The molecule has 0 spiro atoms. The highest BCUT2D eigenvalue weighted by molar-refractivity contribution is 5.76. The molecule has 0 saturated carbocycles. The Hall–Kier alpha value is -1.83. The van der Waals surface area contributed by atoms with E-state index in [1.54, 1.807) is 6.20 Å². The summed E-state index contributed by atoms with van der Waals surface area (Å²) >= 11 is 0. The Bertz CT molecular complexity index is 410. The summed E-state index contributed by atoms with van der Waals surface area (Å²) in [4.78, 5) is 4.11. The third-order valence-electron chi connectivity index (χ3n) is 2.17. The first kappa shape index (κ1) is 8.75. The summed E-state index contributed by atoms with van der Waals surface area (Å²) in [5, 5.41) is 3.17. The van der Waals surface area contributed by atoms with Crippen molar-refractivity contribution in [2.24, 2.45) is 0 Å². The van der Waals surface area contributed by atoms with Crippen LogP contribution < -0.4 is 5.32 Å². The van der Waals surface area contributed by atoms with Crippen molar-refractivity contribution < 1.29 is 0 Å². The van der Waals surface area contributed by atoms with Gasteiger partial charge in [-0.15, -0.1) is 0 Å². The van der Waals surface area contributed by atoms with Crippen LogP contribution in [0.1, 0.15) is 0 Å². The number of anilines is 1. The molecule has 70 valence electrons. The minimum absolute atomic E-state index is 1.13. The van der Waals surface area contributed by atoms with Crippen molar-refractivity contribution in [3.05, 3.63) is 48.8 Å². The fourth-order valence-electron chi connectivity index (χ4n) is 1.47. The summed E-state index contributed by atoms with van der Waals surface area (Å²) in [6.07, 6.45) is 3.65. The van der Waals surface area contributed by atoms with Gasteiger partial charge in [0.05, 0.1) is 0 Å². The molecule has 0 aliphatic heterocycles. The molecule has 0 radical (unpaired) electrons. The zero-order chi connectivity index (χ0) is 9.80. The largest absolute Gasteiger partial charge is 0.388 e. The lowest BCUT2D eigenvalue weighted by atomic mass is 10.1. The van der Waals surface area contributed by atoms with Gasteiger partial charge in [-0.2, -0.15) is 0 Å².